The Morgan fingerprint density at radius 2 is 1.67 bits per heavy atom. The topological polar surface area (TPSA) is 59.6 Å². The summed E-state index contributed by atoms with van der Waals surface area (Å²) in [4.78, 5) is 4.32. The summed E-state index contributed by atoms with van der Waals surface area (Å²) in [5.74, 6) is 0.414. The highest BCUT2D eigenvalue weighted by atomic mass is 127. The van der Waals surface area contributed by atoms with Gasteiger partial charge in [-0.05, 0) is 23.3 Å². The number of hydrogen-bond acceptors (Lipinski definition) is 2. The average Bonchev–Trinajstić information content (AvgIpc) is 2.48. The van der Waals surface area contributed by atoms with E-state index in [9.17, 15) is 0 Å². The molecule has 0 unspecified atom stereocenters. The Labute approximate surface area is 142 Å². The fourth-order valence-corrected chi connectivity index (χ4v) is 1.79. The van der Waals surface area contributed by atoms with Gasteiger partial charge in [0.1, 0.15) is 0 Å². The number of methoxy groups -OCH3 is 1. The second-order valence-electron chi connectivity index (χ2n) is 4.44. The van der Waals surface area contributed by atoms with Crippen LogP contribution in [0.15, 0.2) is 59.6 Å². The second kappa shape index (κ2) is 9.36. The molecule has 21 heavy (non-hydrogen) atoms. The van der Waals surface area contributed by atoms with Gasteiger partial charge in [-0.1, -0.05) is 42.5 Å². The van der Waals surface area contributed by atoms with Gasteiger partial charge in [0.25, 0.3) is 0 Å². The van der Waals surface area contributed by atoms with Gasteiger partial charge in [0, 0.05) is 12.8 Å². The minimum Gasteiger partial charge on any atom is -0.380 e. The van der Waals surface area contributed by atoms with Gasteiger partial charge in [-0.15, -0.1) is 24.0 Å². The van der Waals surface area contributed by atoms with E-state index in [1.165, 1.54) is 0 Å². The van der Waals surface area contributed by atoms with Crippen LogP contribution in [0.3, 0.4) is 0 Å². The normalized spacial score (nSPS) is 10.8. The third-order valence-electron chi connectivity index (χ3n) is 2.81. The van der Waals surface area contributed by atoms with Crippen LogP contribution in [0.5, 0.6) is 0 Å². The number of halogens is 1. The minimum atomic E-state index is 0. The van der Waals surface area contributed by atoms with Crippen molar-refractivity contribution in [3.63, 3.8) is 0 Å². The molecule has 0 heterocycles. The fraction of sp³-hybridized carbons (Fsp3) is 0.188. The van der Waals surface area contributed by atoms with Crippen LogP contribution in [0.2, 0.25) is 0 Å². The molecule has 0 amide bonds. The Bertz CT molecular complexity index is 555. The second-order valence-corrected chi connectivity index (χ2v) is 4.44. The summed E-state index contributed by atoms with van der Waals surface area (Å²) in [6.45, 7) is 1.18. The van der Waals surface area contributed by atoms with Crippen LogP contribution in [-0.4, -0.2) is 13.1 Å². The van der Waals surface area contributed by atoms with Crippen LogP contribution < -0.4 is 11.1 Å². The van der Waals surface area contributed by atoms with Crippen molar-refractivity contribution in [1.82, 2.24) is 0 Å². The predicted molar refractivity (Wildman–Crippen MR) is 98.0 cm³/mol. The third-order valence-corrected chi connectivity index (χ3v) is 2.81. The van der Waals surface area contributed by atoms with Gasteiger partial charge in [0.2, 0.25) is 0 Å². The molecule has 0 radical (unpaired) electrons. The highest BCUT2D eigenvalue weighted by Crippen LogP contribution is 2.07. The Morgan fingerprint density at radius 3 is 2.29 bits per heavy atom. The molecule has 0 aliphatic carbocycles. The predicted octanol–water partition coefficient (Wildman–Crippen LogP) is 3.38. The quantitative estimate of drug-likeness (QED) is 0.462. The van der Waals surface area contributed by atoms with Crippen LogP contribution >= 0.6 is 24.0 Å². The van der Waals surface area contributed by atoms with Crippen LogP contribution in [0.1, 0.15) is 11.1 Å². The first-order valence-electron chi connectivity index (χ1n) is 6.46. The summed E-state index contributed by atoms with van der Waals surface area (Å²) >= 11 is 0. The summed E-state index contributed by atoms with van der Waals surface area (Å²) < 4.78 is 5.07. The number of nitrogens with one attached hydrogen (secondary N) is 1. The Hall–Kier alpha value is -1.60. The summed E-state index contributed by atoms with van der Waals surface area (Å²) in [5.41, 5.74) is 9.05. The van der Waals surface area contributed by atoms with E-state index in [2.05, 4.69) is 10.3 Å². The van der Waals surface area contributed by atoms with Gasteiger partial charge in [0.05, 0.1) is 13.2 Å². The molecule has 5 heteroatoms. The van der Waals surface area contributed by atoms with Crippen molar-refractivity contribution in [2.24, 2.45) is 10.7 Å². The summed E-state index contributed by atoms with van der Waals surface area (Å²) in [5, 5.41) is 3.05. The van der Waals surface area contributed by atoms with E-state index in [4.69, 9.17) is 10.5 Å². The Balaban J connectivity index is 0.00000220. The average molecular weight is 397 g/mol. The van der Waals surface area contributed by atoms with Gasteiger partial charge in [0.15, 0.2) is 5.96 Å². The third kappa shape index (κ3) is 6.14. The number of benzene rings is 2. The number of anilines is 1. The molecule has 0 saturated carbocycles. The van der Waals surface area contributed by atoms with Crippen molar-refractivity contribution in [3.05, 3.63) is 65.7 Å². The van der Waals surface area contributed by atoms with Crippen molar-refractivity contribution in [1.29, 1.82) is 0 Å². The number of guanidine groups is 1. The largest absolute Gasteiger partial charge is 0.380 e. The molecule has 0 fully saturated rings. The maximum atomic E-state index is 5.85. The molecular formula is C16H20IN3O. The van der Waals surface area contributed by atoms with Gasteiger partial charge >= 0.3 is 0 Å². The first kappa shape index (κ1) is 17.5. The zero-order valence-electron chi connectivity index (χ0n) is 12.0. The molecule has 4 nitrogen and oxygen atoms in total. The smallest absolute Gasteiger partial charge is 0.193 e. The molecule has 0 aromatic heterocycles. The molecule has 2 aromatic rings. The monoisotopic (exact) mass is 397 g/mol. The molecule has 2 rings (SSSR count). The Kier molecular flexibility index (Phi) is 7.78. The minimum absolute atomic E-state index is 0. The van der Waals surface area contributed by atoms with Crippen molar-refractivity contribution in [3.8, 4) is 0 Å². The molecule has 0 bridgehead atoms. The summed E-state index contributed by atoms with van der Waals surface area (Å²) in [7, 11) is 1.69. The molecule has 0 saturated heterocycles. The van der Waals surface area contributed by atoms with Crippen LogP contribution in [0.25, 0.3) is 0 Å². The standard InChI is InChI=1S/C16H19N3O.HI/c1-20-12-14-9-7-13(8-10-14)11-18-16(17)19-15-5-3-2-4-6-15;/h2-10H,11-12H2,1H3,(H3,17,18,19);1H. The first-order chi connectivity index (χ1) is 9.78. The molecule has 0 spiro atoms. The maximum absolute atomic E-state index is 5.85. The number of para-hydroxylation sites is 1. The highest BCUT2D eigenvalue weighted by Gasteiger charge is 1.96. The van der Waals surface area contributed by atoms with Crippen molar-refractivity contribution >= 4 is 35.6 Å². The van der Waals surface area contributed by atoms with E-state index in [0.717, 1.165) is 16.8 Å². The van der Waals surface area contributed by atoms with Gasteiger partial charge in [-0.2, -0.15) is 0 Å². The van der Waals surface area contributed by atoms with Crippen LogP contribution in [0.4, 0.5) is 5.69 Å². The van der Waals surface area contributed by atoms with E-state index in [-0.39, 0.29) is 24.0 Å². The van der Waals surface area contributed by atoms with Crippen molar-refractivity contribution in [2.75, 3.05) is 12.4 Å². The zero-order chi connectivity index (χ0) is 14.2. The number of nitrogens with two attached hydrogens (primary N) is 1. The Morgan fingerprint density at radius 1 is 1.05 bits per heavy atom. The lowest BCUT2D eigenvalue weighted by Gasteiger charge is -2.05. The van der Waals surface area contributed by atoms with Crippen molar-refractivity contribution in [2.45, 2.75) is 13.2 Å². The molecule has 0 atom stereocenters. The molecule has 2 aromatic carbocycles. The fourth-order valence-electron chi connectivity index (χ4n) is 1.79. The van der Waals surface area contributed by atoms with Gasteiger partial charge < -0.3 is 15.8 Å². The number of hydrogen-bond donors (Lipinski definition) is 2. The lowest BCUT2D eigenvalue weighted by Crippen LogP contribution is -2.22. The molecule has 112 valence electrons. The van der Waals surface area contributed by atoms with E-state index >= 15 is 0 Å². The number of ether oxygens (including phenoxy) is 1. The number of aliphatic imine (C=N–C) groups is 1. The van der Waals surface area contributed by atoms with Crippen LogP contribution in [-0.2, 0) is 17.9 Å². The summed E-state index contributed by atoms with van der Waals surface area (Å²) in [6.07, 6.45) is 0. The molecular weight excluding hydrogens is 377 g/mol. The molecule has 0 aliphatic rings. The lowest BCUT2D eigenvalue weighted by atomic mass is 10.1. The molecule has 3 N–H and O–H groups in total. The first-order valence-corrected chi connectivity index (χ1v) is 6.46. The lowest BCUT2D eigenvalue weighted by molar-refractivity contribution is 0.185. The number of rotatable bonds is 5. The summed E-state index contributed by atoms with van der Waals surface area (Å²) in [6, 6.07) is 17.9. The van der Waals surface area contributed by atoms with Gasteiger partial charge in [-0.25, -0.2) is 4.99 Å². The number of nitrogens with zero attached hydrogens (tertiary/aromatic N) is 1. The molecule has 0 aliphatic heterocycles. The van der Waals surface area contributed by atoms with Crippen molar-refractivity contribution < 1.29 is 4.74 Å². The SMILES string of the molecule is COCc1ccc(CN=C(N)Nc2ccccc2)cc1.I. The van der Waals surface area contributed by atoms with E-state index in [0.29, 0.717) is 19.1 Å². The highest BCUT2D eigenvalue weighted by molar-refractivity contribution is 14.0. The van der Waals surface area contributed by atoms with Gasteiger partial charge in [-0.3, -0.25) is 0 Å². The van der Waals surface area contributed by atoms with Crippen LogP contribution in [0, 0.1) is 0 Å². The van der Waals surface area contributed by atoms with E-state index < -0.39 is 0 Å². The van der Waals surface area contributed by atoms with E-state index in [1.54, 1.807) is 7.11 Å². The van der Waals surface area contributed by atoms with E-state index in [1.807, 2.05) is 54.6 Å². The maximum Gasteiger partial charge on any atom is 0.193 e. The zero-order valence-corrected chi connectivity index (χ0v) is 14.3.